The summed E-state index contributed by atoms with van der Waals surface area (Å²) in [6.07, 6.45) is 6.03. The van der Waals surface area contributed by atoms with E-state index < -0.39 is 0 Å². The summed E-state index contributed by atoms with van der Waals surface area (Å²) < 4.78 is 0. The molecule has 1 unspecified atom stereocenters. The number of aliphatic hydroxyl groups excluding tert-OH is 1. The zero-order valence-electron chi connectivity index (χ0n) is 11.2. The number of likely N-dealkylation sites (tertiary alicyclic amines) is 1. The number of hydrogen-bond donors (Lipinski definition) is 1. The van der Waals surface area contributed by atoms with E-state index in [0.29, 0.717) is 0 Å². The third-order valence-corrected chi connectivity index (χ3v) is 3.76. The van der Waals surface area contributed by atoms with E-state index in [1.54, 1.807) is 0 Å². The average molecular weight is 228 g/mol. The Balaban J connectivity index is 2.17. The molecule has 1 rings (SSSR count). The molecular formula is C13H28N2O. The van der Waals surface area contributed by atoms with Crippen LogP contribution in [-0.4, -0.2) is 60.8 Å². The molecule has 0 spiro atoms. The largest absolute Gasteiger partial charge is 0.392 e. The molecule has 0 aromatic rings. The Hall–Kier alpha value is -0.120. The molecule has 0 aliphatic carbocycles. The fourth-order valence-corrected chi connectivity index (χ4v) is 2.46. The average Bonchev–Trinajstić information content (AvgIpc) is 2.28. The van der Waals surface area contributed by atoms with Crippen LogP contribution in [0.25, 0.3) is 0 Å². The van der Waals surface area contributed by atoms with Gasteiger partial charge in [-0.3, -0.25) is 0 Å². The van der Waals surface area contributed by atoms with E-state index in [2.05, 4.69) is 23.9 Å². The molecule has 3 heteroatoms. The topological polar surface area (TPSA) is 26.7 Å². The smallest absolute Gasteiger partial charge is 0.0664 e. The fraction of sp³-hybridized carbons (Fsp3) is 1.00. The van der Waals surface area contributed by atoms with E-state index in [1.807, 2.05) is 6.92 Å². The number of piperidine rings is 1. The highest BCUT2D eigenvalue weighted by molar-refractivity contribution is 4.75. The number of nitrogens with zero attached hydrogens (tertiary/aromatic N) is 2. The molecule has 3 nitrogen and oxygen atoms in total. The minimum absolute atomic E-state index is 0.158. The molecule has 0 amide bonds. The van der Waals surface area contributed by atoms with Gasteiger partial charge in [-0.05, 0) is 52.9 Å². The molecule has 1 aliphatic rings. The second kappa shape index (κ2) is 7.25. The van der Waals surface area contributed by atoms with Gasteiger partial charge in [-0.2, -0.15) is 0 Å². The minimum Gasteiger partial charge on any atom is -0.392 e. The zero-order chi connectivity index (χ0) is 12.0. The fourth-order valence-electron chi connectivity index (χ4n) is 2.46. The van der Waals surface area contributed by atoms with Gasteiger partial charge in [0.05, 0.1) is 6.10 Å². The van der Waals surface area contributed by atoms with E-state index in [4.69, 9.17) is 0 Å². The first kappa shape index (κ1) is 13.9. The van der Waals surface area contributed by atoms with Crippen molar-refractivity contribution in [2.45, 2.75) is 51.2 Å². The molecule has 0 radical (unpaired) electrons. The summed E-state index contributed by atoms with van der Waals surface area (Å²) in [6, 6.07) is 0.759. The Morgan fingerprint density at radius 2 is 2.19 bits per heavy atom. The van der Waals surface area contributed by atoms with Crippen LogP contribution in [0.2, 0.25) is 0 Å². The van der Waals surface area contributed by atoms with Crippen molar-refractivity contribution >= 4 is 0 Å². The van der Waals surface area contributed by atoms with E-state index in [0.717, 1.165) is 25.6 Å². The van der Waals surface area contributed by atoms with Crippen molar-refractivity contribution in [3.8, 4) is 0 Å². The summed E-state index contributed by atoms with van der Waals surface area (Å²) in [5.74, 6) is 0. The number of rotatable bonds is 6. The molecule has 96 valence electrons. The SMILES string of the molecule is CC[C@@H](O)CN(C)CCC1CCCCN1C. The first-order chi connectivity index (χ1) is 7.63. The molecule has 0 saturated carbocycles. The Morgan fingerprint density at radius 1 is 1.44 bits per heavy atom. The van der Waals surface area contributed by atoms with Crippen LogP contribution in [0.5, 0.6) is 0 Å². The molecule has 1 fully saturated rings. The maximum Gasteiger partial charge on any atom is 0.0664 e. The van der Waals surface area contributed by atoms with Gasteiger partial charge in [0.25, 0.3) is 0 Å². The van der Waals surface area contributed by atoms with Gasteiger partial charge in [-0.15, -0.1) is 0 Å². The molecule has 1 saturated heterocycles. The van der Waals surface area contributed by atoms with Gasteiger partial charge in [0.1, 0.15) is 0 Å². The Kier molecular flexibility index (Phi) is 6.32. The third-order valence-electron chi connectivity index (χ3n) is 3.76. The maximum absolute atomic E-state index is 9.57. The van der Waals surface area contributed by atoms with Crippen LogP contribution in [0.1, 0.15) is 39.0 Å². The van der Waals surface area contributed by atoms with E-state index >= 15 is 0 Å². The van der Waals surface area contributed by atoms with Crippen LogP contribution in [0.4, 0.5) is 0 Å². The van der Waals surface area contributed by atoms with E-state index in [-0.39, 0.29) is 6.10 Å². The Labute approximate surface area is 100 Å². The van der Waals surface area contributed by atoms with E-state index in [9.17, 15) is 5.11 Å². The number of likely N-dealkylation sites (N-methyl/N-ethyl adjacent to an activating group) is 1. The predicted molar refractivity (Wildman–Crippen MR) is 68.7 cm³/mol. The second-order valence-electron chi connectivity index (χ2n) is 5.24. The van der Waals surface area contributed by atoms with Gasteiger partial charge in [-0.1, -0.05) is 13.3 Å². The summed E-state index contributed by atoms with van der Waals surface area (Å²) in [4.78, 5) is 4.75. The van der Waals surface area contributed by atoms with Crippen molar-refractivity contribution in [3.05, 3.63) is 0 Å². The molecule has 1 aliphatic heterocycles. The van der Waals surface area contributed by atoms with Gasteiger partial charge >= 0.3 is 0 Å². The lowest BCUT2D eigenvalue weighted by molar-refractivity contribution is 0.109. The molecule has 2 atom stereocenters. The number of hydrogen-bond acceptors (Lipinski definition) is 3. The summed E-state index contributed by atoms with van der Waals surface area (Å²) in [5, 5.41) is 9.57. The summed E-state index contributed by atoms with van der Waals surface area (Å²) >= 11 is 0. The molecular weight excluding hydrogens is 200 g/mol. The van der Waals surface area contributed by atoms with Crippen molar-refractivity contribution < 1.29 is 5.11 Å². The molecule has 0 aromatic carbocycles. The first-order valence-corrected chi connectivity index (χ1v) is 6.70. The lowest BCUT2D eigenvalue weighted by Gasteiger charge is -2.33. The quantitative estimate of drug-likeness (QED) is 0.747. The van der Waals surface area contributed by atoms with Crippen LogP contribution in [0, 0.1) is 0 Å². The Morgan fingerprint density at radius 3 is 2.81 bits per heavy atom. The van der Waals surface area contributed by atoms with Crippen LogP contribution in [0.3, 0.4) is 0 Å². The first-order valence-electron chi connectivity index (χ1n) is 6.70. The van der Waals surface area contributed by atoms with Gasteiger partial charge in [0.2, 0.25) is 0 Å². The van der Waals surface area contributed by atoms with Crippen molar-refractivity contribution in [1.82, 2.24) is 9.80 Å². The van der Waals surface area contributed by atoms with Crippen LogP contribution >= 0.6 is 0 Å². The van der Waals surface area contributed by atoms with Gasteiger partial charge in [0, 0.05) is 12.6 Å². The van der Waals surface area contributed by atoms with E-state index in [1.165, 1.54) is 32.2 Å². The molecule has 0 aromatic heterocycles. The van der Waals surface area contributed by atoms with Crippen LogP contribution < -0.4 is 0 Å². The van der Waals surface area contributed by atoms with Crippen molar-refractivity contribution in [3.63, 3.8) is 0 Å². The molecule has 1 N–H and O–H groups in total. The monoisotopic (exact) mass is 228 g/mol. The predicted octanol–water partition coefficient (Wildman–Crippen LogP) is 1.56. The highest BCUT2D eigenvalue weighted by Crippen LogP contribution is 2.17. The maximum atomic E-state index is 9.57. The van der Waals surface area contributed by atoms with Gasteiger partial charge < -0.3 is 14.9 Å². The van der Waals surface area contributed by atoms with Crippen molar-refractivity contribution in [2.75, 3.05) is 33.7 Å². The highest BCUT2D eigenvalue weighted by atomic mass is 16.3. The normalized spacial score (nSPS) is 24.9. The minimum atomic E-state index is -0.158. The highest BCUT2D eigenvalue weighted by Gasteiger charge is 2.19. The second-order valence-corrected chi connectivity index (χ2v) is 5.24. The van der Waals surface area contributed by atoms with Crippen molar-refractivity contribution in [2.24, 2.45) is 0 Å². The summed E-state index contributed by atoms with van der Waals surface area (Å²) in [7, 11) is 4.35. The molecule has 0 bridgehead atoms. The van der Waals surface area contributed by atoms with Crippen molar-refractivity contribution in [1.29, 1.82) is 0 Å². The standard InChI is InChI=1S/C13H28N2O/c1-4-13(16)11-14(2)10-8-12-7-5-6-9-15(12)3/h12-13,16H,4-11H2,1-3H3/t12?,13-/m1/s1. The Bertz CT molecular complexity index is 187. The summed E-state index contributed by atoms with van der Waals surface area (Å²) in [5.41, 5.74) is 0. The lowest BCUT2D eigenvalue weighted by atomic mass is 10.00. The van der Waals surface area contributed by atoms with Crippen LogP contribution in [-0.2, 0) is 0 Å². The lowest BCUT2D eigenvalue weighted by Crippen LogP contribution is -2.39. The molecule has 1 heterocycles. The number of aliphatic hydroxyl groups is 1. The third kappa shape index (κ3) is 4.81. The van der Waals surface area contributed by atoms with Crippen LogP contribution in [0.15, 0.2) is 0 Å². The summed E-state index contributed by atoms with van der Waals surface area (Å²) in [6.45, 7) is 5.21. The van der Waals surface area contributed by atoms with Gasteiger partial charge in [-0.25, -0.2) is 0 Å². The molecule has 16 heavy (non-hydrogen) atoms. The zero-order valence-corrected chi connectivity index (χ0v) is 11.2. The van der Waals surface area contributed by atoms with Gasteiger partial charge in [0.15, 0.2) is 0 Å².